The highest BCUT2D eigenvalue weighted by Gasteiger charge is 2.13. The minimum atomic E-state index is -0.933. The van der Waals surface area contributed by atoms with Gasteiger partial charge >= 0.3 is 11.9 Å². The van der Waals surface area contributed by atoms with E-state index in [1.807, 2.05) is 0 Å². The van der Waals surface area contributed by atoms with Gasteiger partial charge in [-0.05, 0) is 12.1 Å². The lowest BCUT2D eigenvalue weighted by molar-refractivity contribution is -0.136. The highest BCUT2D eigenvalue weighted by molar-refractivity contribution is 5.87. The third kappa shape index (κ3) is 3.44. The molecule has 1 heterocycles. The zero-order valence-corrected chi connectivity index (χ0v) is 9.60. The van der Waals surface area contributed by atoms with Gasteiger partial charge in [0, 0.05) is 6.42 Å². The zero-order valence-electron chi connectivity index (χ0n) is 9.60. The lowest BCUT2D eigenvalue weighted by Gasteiger charge is -2.07. The fraction of sp³-hybridized carbons (Fsp3) is 0.364. The molecule has 1 rings (SSSR count). The van der Waals surface area contributed by atoms with Crippen molar-refractivity contribution in [3.63, 3.8) is 0 Å². The number of nitrogens with zero attached hydrogens (tertiary/aromatic N) is 1. The Hall–Kier alpha value is -2.11. The van der Waals surface area contributed by atoms with Crippen molar-refractivity contribution in [1.82, 2.24) is 4.98 Å². The molecule has 0 aliphatic heterocycles. The Balaban J connectivity index is 2.97. The summed E-state index contributed by atoms with van der Waals surface area (Å²) in [6.45, 7) is 0. The number of pyridine rings is 1. The van der Waals surface area contributed by atoms with E-state index >= 15 is 0 Å². The van der Waals surface area contributed by atoms with Crippen molar-refractivity contribution in [3.05, 3.63) is 23.5 Å². The Morgan fingerprint density at radius 2 is 2.06 bits per heavy atom. The zero-order chi connectivity index (χ0) is 12.8. The summed E-state index contributed by atoms with van der Waals surface area (Å²) in [7, 11) is 2.71. The first-order valence-electron chi connectivity index (χ1n) is 4.92. The molecule has 0 aliphatic rings. The highest BCUT2D eigenvalue weighted by Crippen LogP contribution is 2.18. The van der Waals surface area contributed by atoms with Crippen LogP contribution in [-0.4, -0.2) is 36.2 Å². The molecule has 17 heavy (non-hydrogen) atoms. The maximum atomic E-state index is 11.3. The third-order valence-corrected chi connectivity index (χ3v) is 2.12. The largest absolute Gasteiger partial charge is 0.495 e. The average molecular weight is 239 g/mol. The molecule has 6 heteroatoms. The van der Waals surface area contributed by atoms with Gasteiger partial charge in [0.15, 0.2) is 0 Å². The number of carboxylic acids is 1. The monoisotopic (exact) mass is 239 g/mol. The summed E-state index contributed by atoms with van der Waals surface area (Å²) in [6.07, 6.45) is 0.122. The van der Waals surface area contributed by atoms with Crippen LogP contribution in [0.1, 0.15) is 22.6 Å². The minimum Gasteiger partial charge on any atom is -0.495 e. The predicted octanol–water partition coefficient (Wildman–Crippen LogP) is 0.894. The van der Waals surface area contributed by atoms with E-state index < -0.39 is 11.9 Å². The van der Waals surface area contributed by atoms with Gasteiger partial charge < -0.3 is 14.6 Å². The standard InChI is InChI=1S/C11H13NO5/c1-16-9-5-3-8(11(15)17-2)12-7(9)4-6-10(13)14/h3,5H,4,6H2,1-2H3,(H,13,14). The van der Waals surface area contributed by atoms with Crippen LogP contribution in [-0.2, 0) is 16.0 Å². The van der Waals surface area contributed by atoms with Crippen molar-refractivity contribution in [2.45, 2.75) is 12.8 Å². The molecular formula is C11H13NO5. The van der Waals surface area contributed by atoms with Crippen LogP contribution in [0.5, 0.6) is 5.75 Å². The van der Waals surface area contributed by atoms with E-state index in [0.29, 0.717) is 11.4 Å². The van der Waals surface area contributed by atoms with E-state index in [2.05, 4.69) is 9.72 Å². The highest BCUT2D eigenvalue weighted by atomic mass is 16.5. The second-order valence-electron chi connectivity index (χ2n) is 3.23. The van der Waals surface area contributed by atoms with Gasteiger partial charge in [0.1, 0.15) is 11.4 Å². The van der Waals surface area contributed by atoms with Crippen LogP contribution in [0.15, 0.2) is 12.1 Å². The Kier molecular flexibility index (Phi) is 4.45. The maximum absolute atomic E-state index is 11.3. The number of hydrogen-bond acceptors (Lipinski definition) is 5. The first-order chi connectivity index (χ1) is 8.08. The van der Waals surface area contributed by atoms with Crippen LogP contribution in [0, 0.1) is 0 Å². The van der Waals surface area contributed by atoms with E-state index in [1.165, 1.54) is 20.3 Å². The summed E-state index contributed by atoms with van der Waals surface area (Å²) in [5.74, 6) is -1.04. The van der Waals surface area contributed by atoms with Crippen LogP contribution < -0.4 is 4.74 Å². The lowest BCUT2D eigenvalue weighted by Crippen LogP contribution is -2.08. The van der Waals surface area contributed by atoms with Crippen molar-refractivity contribution >= 4 is 11.9 Å². The summed E-state index contributed by atoms with van der Waals surface area (Å²) in [6, 6.07) is 3.03. The number of esters is 1. The van der Waals surface area contributed by atoms with Gasteiger partial charge in [-0.15, -0.1) is 0 Å². The van der Waals surface area contributed by atoms with E-state index in [-0.39, 0.29) is 18.5 Å². The quantitative estimate of drug-likeness (QED) is 0.768. The van der Waals surface area contributed by atoms with Crippen LogP contribution >= 0.6 is 0 Å². The van der Waals surface area contributed by atoms with Crippen molar-refractivity contribution in [1.29, 1.82) is 0 Å². The molecule has 1 aromatic heterocycles. The number of aromatic nitrogens is 1. The minimum absolute atomic E-state index is 0.0754. The molecule has 0 aromatic carbocycles. The molecule has 0 unspecified atom stereocenters. The van der Waals surface area contributed by atoms with Crippen LogP contribution in [0.2, 0.25) is 0 Å². The number of carboxylic acid groups (broad SMARTS) is 1. The van der Waals surface area contributed by atoms with Gasteiger partial charge in [-0.3, -0.25) is 4.79 Å². The van der Waals surface area contributed by atoms with Gasteiger partial charge in [0.05, 0.1) is 26.3 Å². The van der Waals surface area contributed by atoms with E-state index in [9.17, 15) is 9.59 Å². The lowest BCUT2D eigenvalue weighted by atomic mass is 10.2. The van der Waals surface area contributed by atoms with Gasteiger partial charge in [-0.1, -0.05) is 0 Å². The smallest absolute Gasteiger partial charge is 0.356 e. The predicted molar refractivity (Wildman–Crippen MR) is 58.1 cm³/mol. The molecule has 0 aliphatic carbocycles. The number of carbonyl (C=O) groups excluding carboxylic acids is 1. The van der Waals surface area contributed by atoms with E-state index in [0.717, 1.165) is 0 Å². The molecule has 0 saturated carbocycles. The van der Waals surface area contributed by atoms with Crippen molar-refractivity contribution < 1.29 is 24.2 Å². The number of aliphatic carboxylic acids is 1. The first-order valence-corrected chi connectivity index (χ1v) is 4.92. The fourth-order valence-corrected chi connectivity index (χ4v) is 1.30. The molecule has 1 aromatic rings. The van der Waals surface area contributed by atoms with Crippen molar-refractivity contribution in [2.24, 2.45) is 0 Å². The Morgan fingerprint density at radius 1 is 1.35 bits per heavy atom. The Labute approximate surface area is 98.2 Å². The number of hydrogen-bond donors (Lipinski definition) is 1. The molecule has 1 N–H and O–H groups in total. The molecule has 0 spiro atoms. The van der Waals surface area contributed by atoms with Crippen molar-refractivity contribution in [3.8, 4) is 5.75 Å². The summed E-state index contributed by atoms with van der Waals surface area (Å²) < 4.78 is 9.57. The molecule has 0 radical (unpaired) electrons. The van der Waals surface area contributed by atoms with Crippen LogP contribution in [0.25, 0.3) is 0 Å². The summed E-state index contributed by atoms with van der Waals surface area (Å²) in [4.78, 5) is 25.8. The van der Waals surface area contributed by atoms with Gasteiger partial charge in [0.25, 0.3) is 0 Å². The molecular weight excluding hydrogens is 226 g/mol. The Morgan fingerprint density at radius 3 is 2.59 bits per heavy atom. The SMILES string of the molecule is COC(=O)c1ccc(OC)c(CCC(=O)O)n1. The third-order valence-electron chi connectivity index (χ3n) is 2.12. The van der Waals surface area contributed by atoms with Gasteiger partial charge in [0.2, 0.25) is 0 Å². The average Bonchev–Trinajstić information content (AvgIpc) is 2.34. The second-order valence-corrected chi connectivity index (χ2v) is 3.23. The van der Waals surface area contributed by atoms with Crippen LogP contribution in [0.4, 0.5) is 0 Å². The summed E-state index contributed by atoms with van der Waals surface area (Å²) >= 11 is 0. The van der Waals surface area contributed by atoms with Gasteiger partial charge in [-0.2, -0.15) is 0 Å². The first kappa shape index (κ1) is 13.0. The molecule has 0 amide bonds. The number of carbonyl (C=O) groups is 2. The molecule has 6 nitrogen and oxygen atoms in total. The summed E-state index contributed by atoms with van der Waals surface area (Å²) in [5.41, 5.74) is 0.562. The molecule has 0 bridgehead atoms. The van der Waals surface area contributed by atoms with Crippen molar-refractivity contribution in [2.75, 3.05) is 14.2 Å². The summed E-state index contributed by atoms with van der Waals surface area (Å²) in [5, 5.41) is 8.60. The van der Waals surface area contributed by atoms with E-state index in [1.54, 1.807) is 6.07 Å². The van der Waals surface area contributed by atoms with E-state index in [4.69, 9.17) is 9.84 Å². The molecule has 0 fully saturated rings. The molecule has 92 valence electrons. The number of ether oxygens (including phenoxy) is 2. The topological polar surface area (TPSA) is 85.7 Å². The normalized spacial score (nSPS) is 9.76. The molecule has 0 saturated heterocycles. The maximum Gasteiger partial charge on any atom is 0.356 e. The van der Waals surface area contributed by atoms with Crippen LogP contribution in [0.3, 0.4) is 0 Å². The van der Waals surface area contributed by atoms with Gasteiger partial charge in [-0.25, -0.2) is 9.78 Å². The number of rotatable bonds is 5. The fourth-order valence-electron chi connectivity index (χ4n) is 1.30. The second kappa shape index (κ2) is 5.83. The number of aryl methyl sites for hydroxylation is 1. The molecule has 0 atom stereocenters. The number of methoxy groups -OCH3 is 2. The Bertz CT molecular complexity index is 430.